The molecule has 1 aliphatic rings. The molecule has 0 radical (unpaired) electrons. The van der Waals surface area contributed by atoms with Gasteiger partial charge in [-0.3, -0.25) is 0 Å². The van der Waals surface area contributed by atoms with Crippen LogP contribution in [-0.2, 0) is 0 Å². The van der Waals surface area contributed by atoms with E-state index in [2.05, 4.69) is 18.5 Å². The van der Waals surface area contributed by atoms with Crippen molar-refractivity contribution < 1.29 is 4.74 Å². The monoisotopic (exact) mass is 343 g/mol. The van der Waals surface area contributed by atoms with Crippen molar-refractivity contribution in [1.82, 2.24) is 4.68 Å². The Morgan fingerprint density at radius 1 is 1.21 bits per heavy atom. The van der Waals surface area contributed by atoms with E-state index in [-0.39, 0.29) is 0 Å². The number of hydrogen-bond donors (Lipinski definition) is 0. The Balaban J connectivity index is 1.81. The second-order valence-electron chi connectivity index (χ2n) is 6.17. The molecule has 0 spiro atoms. The Hall–Kier alpha value is -1.88. The Morgan fingerprint density at radius 2 is 1.96 bits per heavy atom. The second kappa shape index (κ2) is 8.29. The number of aromatic nitrogens is 1. The van der Waals surface area contributed by atoms with E-state index in [1.165, 1.54) is 32.1 Å². The van der Waals surface area contributed by atoms with Crippen LogP contribution in [0.25, 0.3) is 0 Å². The van der Waals surface area contributed by atoms with Crippen molar-refractivity contribution in [3.05, 3.63) is 40.1 Å². The van der Waals surface area contributed by atoms with Gasteiger partial charge in [-0.1, -0.05) is 19.3 Å². The lowest BCUT2D eigenvalue weighted by molar-refractivity contribution is 0.340. The normalized spacial score (nSPS) is 16.8. The van der Waals surface area contributed by atoms with Gasteiger partial charge in [-0.05, 0) is 56.9 Å². The molecule has 1 aromatic carbocycles. The number of rotatable bonds is 5. The fraction of sp³-hybridized carbons (Fsp3) is 0.474. The first-order valence-corrected chi connectivity index (χ1v) is 9.63. The van der Waals surface area contributed by atoms with Crippen LogP contribution in [0.5, 0.6) is 5.75 Å². The van der Waals surface area contributed by atoms with Crippen LogP contribution >= 0.6 is 11.3 Å². The van der Waals surface area contributed by atoms with Crippen LogP contribution in [0.3, 0.4) is 0 Å². The van der Waals surface area contributed by atoms with E-state index in [9.17, 15) is 0 Å². The minimum atomic E-state index is 0.615. The predicted octanol–water partition coefficient (Wildman–Crippen LogP) is 4.90. The molecule has 1 heterocycles. The number of hydrogen-bond acceptors (Lipinski definition) is 4. The van der Waals surface area contributed by atoms with Gasteiger partial charge >= 0.3 is 0 Å². The van der Waals surface area contributed by atoms with Gasteiger partial charge in [0.25, 0.3) is 0 Å². The third-order valence-electron chi connectivity index (χ3n) is 4.27. The molecule has 128 valence electrons. The fourth-order valence-electron chi connectivity index (χ4n) is 2.94. The Kier molecular flexibility index (Phi) is 5.86. The fourth-order valence-corrected chi connectivity index (χ4v) is 3.77. The number of aryl methyl sites for hydroxylation is 1. The highest BCUT2D eigenvalue weighted by Gasteiger charge is 2.11. The number of thiazole rings is 1. The lowest BCUT2D eigenvalue weighted by Crippen LogP contribution is -2.14. The maximum Gasteiger partial charge on any atom is 0.211 e. The van der Waals surface area contributed by atoms with Crippen LogP contribution in [0.15, 0.2) is 39.7 Å². The smallest absolute Gasteiger partial charge is 0.211 e. The minimum absolute atomic E-state index is 0.615. The third kappa shape index (κ3) is 4.35. The summed E-state index contributed by atoms with van der Waals surface area (Å²) in [5.41, 5.74) is 2.04. The zero-order chi connectivity index (χ0) is 16.8. The maximum atomic E-state index is 5.48. The zero-order valence-electron chi connectivity index (χ0n) is 14.4. The Morgan fingerprint density at radius 3 is 2.67 bits per heavy atom. The highest BCUT2D eigenvalue weighted by molar-refractivity contribution is 7.07. The van der Waals surface area contributed by atoms with Gasteiger partial charge in [0.1, 0.15) is 5.75 Å². The quantitative estimate of drug-likeness (QED) is 0.711. The molecule has 1 fully saturated rings. The van der Waals surface area contributed by atoms with Gasteiger partial charge in [0.15, 0.2) is 0 Å². The van der Waals surface area contributed by atoms with Crippen LogP contribution in [0, 0.1) is 12.8 Å². The van der Waals surface area contributed by atoms with Gasteiger partial charge in [-0.25, -0.2) is 9.67 Å². The van der Waals surface area contributed by atoms with Crippen molar-refractivity contribution in [1.29, 1.82) is 0 Å². The van der Waals surface area contributed by atoms with E-state index in [0.29, 0.717) is 12.5 Å². The SMILES string of the molecule is CCOc1ccc(N=c2scc(C)n2N=CC2CCCCC2)cc1. The molecule has 3 rings (SSSR count). The molecule has 4 nitrogen and oxygen atoms in total. The summed E-state index contributed by atoms with van der Waals surface area (Å²) in [6.07, 6.45) is 8.67. The Labute approximate surface area is 147 Å². The third-order valence-corrected chi connectivity index (χ3v) is 5.20. The summed E-state index contributed by atoms with van der Waals surface area (Å²) in [7, 11) is 0. The van der Waals surface area contributed by atoms with Gasteiger partial charge in [-0.2, -0.15) is 5.10 Å². The maximum absolute atomic E-state index is 5.48. The molecular formula is C19H25N3OS. The first-order chi connectivity index (χ1) is 11.8. The first-order valence-electron chi connectivity index (χ1n) is 8.75. The topological polar surface area (TPSA) is 38.9 Å². The van der Waals surface area contributed by atoms with E-state index < -0.39 is 0 Å². The molecule has 0 aliphatic heterocycles. The first kappa shape index (κ1) is 17.0. The molecule has 5 heteroatoms. The van der Waals surface area contributed by atoms with Crippen molar-refractivity contribution in [2.75, 3.05) is 6.61 Å². The van der Waals surface area contributed by atoms with E-state index in [4.69, 9.17) is 14.8 Å². The predicted molar refractivity (Wildman–Crippen MR) is 100 cm³/mol. The van der Waals surface area contributed by atoms with E-state index >= 15 is 0 Å². The summed E-state index contributed by atoms with van der Waals surface area (Å²) < 4.78 is 7.43. The van der Waals surface area contributed by atoms with E-state index in [1.807, 2.05) is 35.9 Å². The van der Waals surface area contributed by atoms with Gasteiger partial charge in [-0.15, -0.1) is 11.3 Å². The van der Waals surface area contributed by atoms with Crippen molar-refractivity contribution in [3.8, 4) is 5.75 Å². The van der Waals surface area contributed by atoms with E-state index in [1.54, 1.807) is 11.3 Å². The molecule has 0 amide bonds. The molecule has 1 aromatic heterocycles. The van der Waals surface area contributed by atoms with Crippen LogP contribution in [0.2, 0.25) is 0 Å². The number of ether oxygens (including phenoxy) is 1. The molecule has 0 saturated heterocycles. The average Bonchev–Trinajstić information content (AvgIpc) is 2.96. The number of nitrogens with zero attached hydrogens (tertiary/aromatic N) is 3. The van der Waals surface area contributed by atoms with Crippen molar-refractivity contribution >= 4 is 23.2 Å². The average molecular weight is 343 g/mol. The molecule has 24 heavy (non-hydrogen) atoms. The molecule has 0 unspecified atom stereocenters. The van der Waals surface area contributed by atoms with E-state index in [0.717, 1.165) is 21.9 Å². The summed E-state index contributed by atoms with van der Waals surface area (Å²) in [5, 5.41) is 6.82. The molecular weight excluding hydrogens is 318 g/mol. The summed E-state index contributed by atoms with van der Waals surface area (Å²) in [6, 6.07) is 7.88. The standard InChI is InChI=1S/C19H25N3OS/c1-3-23-18-11-9-17(10-12-18)21-19-22(15(2)14-24-19)20-13-16-7-5-4-6-8-16/h9-14,16H,3-8H2,1-2H3. The summed E-state index contributed by atoms with van der Waals surface area (Å²) in [4.78, 5) is 5.65. The van der Waals surface area contributed by atoms with Crippen molar-refractivity contribution in [2.24, 2.45) is 16.0 Å². The largest absolute Gasteiger partial charge is 0.494 e. The van der Waals surface area contributed by atoms with Crippen LogP contribution in [-0.4, -0.2) is 17.5 Å². The molecule has 1 aliphatic carbocycles. The second-order valence-corrected chi connectivity index (χ2v) is 7.01. The highest BCUT2D eigenvalue weighted by atomic mass is 32.1. The highest BCUT2D eigenvalue weighted by Crippen LogP contribution is 2.22. The summed E-state index contributed by atoms with van der Waals surface area (Å²) >= 11 is 1.62. The minimum Gasteiger partial charge on any atom is -0.494 e. The van der Waals surface area contributed by atoms with Crippen LogP contribution in [0.4, 0.5) is 5.69 Å². The molecule has 0 N–H and O–H groups in total. The van der Waals surface area contributed by atoms with Gasteiger partial charge in [0, 0.05) is 11.6 Å². The summed E-state index contributed by atoms with van der Waals surface area (Å²) in [5.74, 6) is 1.49. The molecule has 0 atom stereocenters. The summed E-state index contributed by atoms with van der Waals surface area (Å²) in [6.45, 7) is 4.74. The Bertz CT molecular complexity index is 737. The van der Waals surface area contributed by atoms with Crippen molar-refractivity contribution in [2.45, 2.75) is 46.0 Å². The van der Waals surface area contributed by atoms with Crippen LogP contribution in [0.1, 0.15) is 44.7 Å². The van der Waals surface area contributed by atoms with Gasteiger partial charge in [0.2, 0.25) is 4.80 Å². The van der Waals surface area contributed by atoms with Crippen molar-refractivity contribution in [3.63, 3.8) is 0 Å². The molecule has 1 saturated carbocycles. The lowest BCUT2D eigenvalue weighted by Gasteiger charge is -2.16. The van der Waals surface area contributed by atoms with Crippen LogP contribution < -0.4 is 9.54 Å². The van der Waals surface area contributed by atoms with Gasteiger partial charge in [0.05, 0.1) is 18.0 Å². The molecule has 2 aromatic rings. The zero-order valence-corrected chi connectivity index (χ0v) is 15.3. The van der Waals surface area contributed by atoms with Gasteiger partial charge < -0.3 is 4.74 Å². The molecule has 0 bridgehead atoms. The lowest BCUT2D eigenvalue weighted by atomic mass is 9.90. The number of benzene rings is 1.